The van der Waals surface area contributed by atoms with Gasteiger partial charge in [-0.05, 0) is 32.7 Å². The Morgan fingerprint density at radius 2 is 1.79 bits per heavy atom. The highest BCUT2D eigenvalue weighted by Gasteiger charge is 2.32. The molecule has 0 bridgehead atoms. The van der Waals surface area contributed by atoms with Crippen molar-refractivity contribution in [3.63, 3.8) is 0 Å². The molecule has 19 heavy (non-hydrogen) atoms. The number of methoxy groups -OCH3 is 2. The van der Waals surface area contributed by atoms with E-state index in [2.05, 4.69) is 4.90 Å². The molecule has 0 radical (unpaired) electrons. The molecule has 0 saturated carbocycles. The van der Waals surface area contributed by atoms with Gasteiger partial charge in [-0.1, -0.05) is 0 Å². The third-order valence-corrected chi connectivity index (χ3v) is 3.88. The number of nitrogens with two attached hydrogens (primary N) is 2. The van der Waals surface area contributed by atoms with Crippen molar-refractivity contribution < 1.29 is 14.3 Å². The van der Waals surface area contributed by atoms with Crippen LogP contribution in [0.1, 0.15) is 26.2 Å². The van der Waals surface area contributed by atoms with Gasteiger partial charge >= 0.3 is 0 Å². The van der Waals surface area contributed by atoms with E-state index in [1.54, 1.807) is 21.1 Å². The molecule has 1 heterocycles. The summed E-state index contributed by atoms with van der Waals surface area (Å²) in [7, 11) is 3.43. The van der Waals surface area contributed by atoms with Crippen molar-refractivity contribution in [3.05, 3.63) is 0 Å². The predicted octanol–water partition coefficient (Wildman–Crippen LogP) is -0.295. The number of hydrogen-bond acceptors (Lipinski definition) is 5. The van der Waals surface area contributed by atoms with Crippen LogP contribution in [0.25, 0.3) is 0 Å². The zero-order valence-electron chi connectivity index (χ0n) is 12.2. The van der Waals surface area contributed by atoms with Gasteiger partial charge in [0.15, 0.2) is 0 Å². The van der Waals surface area contributed by atoms with Gasteiger partial charge in [0.1, 0.15) is 0 Å². The first-order chi connectivity index (χ1) is 8.90. The quantitative estimate of drug-likeness (QED) is 0.593. The molecule has 1 rings (SSSR count). The van der Waals surface area contributed by atoms with Crippen LogP contribution >= 0.6 is 0 Å². The molecule has 1 amide bonds. The zero-order valence-corrected chi connectivity index (χ0v) is 12.2. The molecule has 1 aliphatic heterocycles. The van der Waals surface area contributed by atoms with Gasteiger partial charge in [0.2, 0.25) is 5.91 Å². The molecule has 6 nitrogen and oxygen atoms in total. The second kappa shape index (κ2) is 7.19. The van der Waals surface area contributed by atoms with E-state index in [4.69, 9.17) is 20.9 Å². The summed E-state index contributed by atoms with van der Waals surface area (Å²) in [5.41, 5.74) is 10.2. The fourth-order valence-electron chi connectivity index (χ4n) is 2.40. The van der Waals surface area contributed by atoms with Gasteiger partial charge in [-0.2, -0.15) is 0 Å². The molecule has 6 heteroatoms. The number of hydrogen-bond donors (Lipinski definition) is 2. The number of rotatable bonds is 8. The van der Waals surface area contributed by atoms with E-state index in [1.807, 2.05) is 0 Å². The molecule has 1 fully saturated rings. The molecule has 112 valence electrons. The first kappa shape index (κ1) is 16.4. The summed E-state index contributed by atoms with van der Waals surface area (Å²) in [6.07, 6.45) is 2.80. The predicted molar refractivity (Wildman–Crippen MR) is 73.7 cm³/mol. The van der Waals surface area contributed by atoms with Crippen LogP contribution < -0.4 is 11.5 Å². The number of nitrogens with zero attached hydrogens (tertiary/aromatic N) is 1. The number of unbranched alkanes of at least 4 members (excludes halogenated alkanes) is 1. The Labute approximate surface area is 115 Å². The highest BCUT2D eigenvalue weighted by Crippen LogP contribution is 2.17. The molecule has 0 aromatic heterocycles. The number of carbonyl (C=O) groups is 1. The number of amides is 1. The number of carbonyl (C=O) groups excluding carboxylic acids is 1. The van der Waals surface area contributed by atoms with Crippen LogP contribution in [-0.4, -0.2) is 62.4 Å². The number of primary amides is 1. The van der Waals surface area contributed by atoms with Gasteiger partial charge in [0, 0.05) is 27.3 Å². The molecule has 0 aliphatic carbocycles. The summed E-state index contributed by atoms with van der Waals surface area (Å²) < 4.78 is 10.8. The standard InChI is InChI=1S/C13H27N3O3/c1-13(15,12(14)17)6-4-5-7-16-8-10(18-2)11(9-16)19-3/h10-11H,4-9,15H2,1-3H3,(H2,14,17). The third-order valence-electron chi connectivity index (χ3n) is 3.88. The summed E-state index contributed by atoms with van der Waals surface area (Å²) in [4.78, 5) is 13.4. The lowest BCUT2D eigenvalue weighted by atomic mass is 9.95. The Hall–Kier alpha value is -0.690. The molecule has 3 unspecified atom stereocenters. The molecule has 0 spiro atoms. The minimum atomic E-state index is -0.894. The summed E-state index contributed by atoms with van der Waals surface area (Å²) in [5, 5.41) is 0. The first-order valence-electron chi connectivity index (χ1n) is 6.77. The van der Waals surface area contributed by atoms with Crippen LogP contribution in [0.3, 0.4) is 0 Å². The minimum Gasteiger partial charge on any atom is -0.377 e. The molecular formula is C13H27N3O3. The first-order valence-corrected chi connectivity index (χ1v) is 6.77. The summed E-state index contributed by atoms with van der Waals surface area (Å²) >= 11 is 0. The van der Waals surface area contributed by atoms with Crippen LogP contribution in [0.5, 0.6) is 0 Å². The normalized spacial score (nSPS) is 27.4. The lowest BCUT2D eigenvalue weighted by molar-refractivity contribution is -0.122. The van der Waals surface area contributed by atoms with Crippen LogP contribution in [0.15, 0.2) is 0 Å². The maximum Gasteiger partial charge on any atom is 0.237 e. The van der Waals surface area contributed by atoms with Gasteiger partial charge < -0.3 is 20.9 Å². The van der Waals surface area contributed by atoms with E-state index in [0.717, 1.165) is 32.5 Å². The maximum atomic E-state index is 11.1. The minimum absolute atomic E-state index is 0.149. The SMILES string of the molecule is COC1CN(CCCCC(C)(N)C(N)=O)CC1OC. The van der Waals surface area contributed by atoms with Gasteiger partial charge in [0.25, 0.3) is 0 Å². The molecule has 0 aromatic carbocycles. The molecule has 1 aliphatic rings. The van der Waals surface area contributed by atoms with Crippen molar-refractivity contribution in [2.45, 2.75) is 43.9 Å². The molecular weight excluding hydrogens is 246 g/mol. The fourth-order valence-corrected chi connectivity index (χ4v) is 2.40. The Bertz CT molecular complexity index is 285. The van der Waals surface area contributed by atoms with Gasteiger partial charge in [-0.25, -0.2) is 0 Å². The average Bonchev–Trinajstić information content (AvgIpc) is 2.76. The Morgan fingerprint density at radius 3 is 2.21 bits per heavy atom. The average molecular weight is 273 g/mol. The second-order valence-electron chi connectivity index (χ2n) is 5.55. The monoisotopic (exact) mass is 273 g/mol. The third kappa shape index (κ3) is 4.72. The second-order valence-corrected chi connectivity index (χ2v) is 5.55. The van der Waals surface area contributed by atoms with E-state index in [0.29, 0.717) is 6.42 Å². The van der Waals surface area contributed by atoms with Gasteiger partial charge in [0.05, 0.1) is 17.7 Å². The van der Waals surface area contributed by atoms with E-state index in [9.17, 15) is 4.79 Å². The van der Waals surface area contributed by atoms with E-state index >= 15 is 0 Å². The van der Waals surface area contributed by atoms with Crippen molar-refractivity contribution in [2.24, 2.45) is 11.5 Å². The highest BCUT2D eigenvalue weighted by molar-refractivity contribution is 5.83. The van der Waals surface area contributed by atoms with Crippen LogP contribution in [0.2, 0.25) is 0 Å². The van der Waals surface area contributed by atoms with E-state index in [1.165, 1.54) is 0 Å². The summed E-state index contributed by atoms with van der Waals surface area (Å²) in [5.74, 6) is -0.437. The van der Waals surface area contributed by atoms with Crippen LogP contribution in [0, 0.1) is 0 Å². The van der Waals surface area contributed by atoms with E-state index < -0.39 is 11.4 Å². The molecule has 1 saturated heterocycles. The van der Waals surface area contributed by atoms with Crippen LogP contribution in [0.4, 0.5) is 0 Å². The largest absolute Gasteiger partial charge is 0.377 e. The zero-order chi connectivity index (χ0) is 14.5. The highest BCUT2D eigenvalue weighted by atomic mass is 16.5. The molecule has 4 N–H and O–H groups in total. The van der Waals surface area contributed by atoms with Crippen molar-refractivity contribution >= 4 is 5.91 Å². The maximum absolute atomic E-state index is 11.1. The van der Waals surface area contributed by atoms with Gasteiger partial charge in [-0.15, -0.1) is 0 Å². The van der Waals surface area contributed by atoms with Crippen molar-refractivity contribution in [2.75, 3.05) is 33.9 Å². The summed E-state index contributed by atoms with van der Waals surface area (Å²) in [6, 6.07) is 0. The Kier molecular flexibility index (Phi) is 6.19. The lowest BCUT2D eigenvalue weighted by Crippen LogP contribution is -2.49. The number of ether oxygens (including phenoxy) is 2. The van der Waals surface area contributed by atoms with Crippen LogP contribution in [-0.2, 0) is 14.3 Å². The Balaban J connectivity index is 2.22. The molecule has 0 aromatic rings. The van der Waals surface area contributed by atoms with E-state index in [-0.39, 0.29) is 12.2 Å². The van der Waals surface area contributed by atoms with Crippen molar-refractivity contribution in [1.29, 1.82) is 0 Å². The van der Waals surface area contributed by atoms with Crippen molar-refractivity contribution in [1.82, 2.24) is 4.90 Å². The topological polar surface area (TPSA) is 90.8 Å². The lowest BCUT2D eigenvalue weighted by Gasteiger charge is -2.21. The Morgan fingerprint density at radius 1 is 1.26 bits per heavy atom. The van der Waals surface area contributed by atoms with Gasteiger partial charge in [-0.3, -0.25) is 9.69 Å². The number of likely N-dealkylation sites (tertiary alicyclic amines) is 1. The fraction of sp³-hybridized carbons (Fsp3) is 0.923. The smallest absolute Gasteiger partial charge is 0.237 e. The summed E-state index contributed by atoms with van der Waals surface area (Å²) in [6.45, 7) is 4.44. The van der Waals surface area contributed by atoms with Crippen molar-refractivity contribution in [3.8, 4) is 0 Å². The molecule has 3 atom stereocenters.